The van der Waals surface area contributed by atoms with Crippen molar-refractivity contribution in [3.05, 3.63) is 59.4 Å². The number of anilines is 2. The Balaban J connectivity index is 1.76. The quantitative estimate of drug-likeness (QED) is 0.571. The number of hydrogen-bond acceptors (Lipinski definition) is 5. The molecule has 0 bridgehead atoms. The van der Waals surface area contributed by atoms with Gasteiger partial charge >= 0.3 is 0 Å². The predicted octanol–water partition coefficient (Wildman–Crippen LogP) is 3.04. The van der Waals surface area contributed by atoms with Gasteiger partial charge in [-0.15, -0.1) is 0 Å². The highest BCUT2D eigenvalue weighted by atomic mass is 19.1. The maximum absolute atomic E-state index is 13.2. The van der Waals surface area contributed by atoms with E-state index in [-0.39, 0.29) is 36.7 Å². The number of carbonyl (C=O) groups is 3. The van der Waals surface area contributed by atoms with E-state index in [0.717, 1.165) is 11.3 Å². The highest BCUT2D eigenvalue weighted by Gasteiger charge is 2.25. The molecular formula is C26H33FN4O4. The molecule has 0 saturated carbocycles. The fourth-order valence-electron chi connectivity index (χ4n) is 3.95. The molecule has 0 radical (unpaired) electrons. The van der Waals surface area contributed by atoms with Crippen LogP contribution in [-0.4, -0.2) is 62.5 Å². The number of benzene rings is 2. The zero-order chi connectivity index (χ0) is 25.4. The van der Waals surface area contributed by atoms with Crippen LogP contribution in [0.4, 0.5) is 15.8 Å². The molecule has 1 fully saturated rings. The first-order valence-electron chi connectivity index (χ1n) is 11.7. The van der Waals surface area contributed by atoms with Gasteiger partial charge in [-0.1, -0.05) is 26.0 Å². The maximum atomic E-state index is 13.2. The first-order valence-corrected chi connectivity index (χ1v) is 11.7. The van der Waals surface area contributed by atoms with E-state index >= 15 is 0 Å². The second-order valence-electron chi connectivity index (χ2n) is 8.99. The average Bonchev–Trinajstić information content (AvgIpc) is 2.83. The van der Waals surface area contributed by atoms with Crippen LogP contribution in [0.3, 0.4) is 0 Å². The molecule has 3 amide bonds. The fourth-order valence-corrected chi connectivity index (χ4v) is 3.95. The highest BCUT2D eigenvalue weighted by Crippen LogP contribution is 2.26. The normalized spacial score (nSPS) is 13.6. The summed E-state index contributed by atoms with van der Waals surface area (Å²) in [5.74, 6) is -0.528. The van der Waals surface area contributed by atoms with Gasteiger partial charge in [0.2, 0.25) is 11.8 Å². The van der Waals surface area contributed by atoms with Gasteiger partial charge in [-0.05, 0) is 41.8 Å². The van der Waals surface area contributed by atoms with Gasteiger partial charge in [-0.2, -0.15) is 0 Å². The van der Waals surface area contributed by atoms with E-state index in [0.29, 0.717) is 49.8 Å². The van der Waals surface area contributed by atoms with Gasteiger partial charge in [0.1, 0.15) is 12.4 Å². The second-order valence-corrected chi connectivity index (χ2v) is 8.99. The van der Waals surface area contributed by atoms with Crippen molar-refractivity contribution < 1.29 is 23.5 Å². The molecule has 2 aromatic carbocycles. The van der Waals surface area contributed by atoms with E-state index in [1.165, 1.54) is 19.2 Å². The molecule has 0 spiro atoms. The van der Waals surface area contributed by atoms with Gasteiger partial charge in [0.25, 0.3) is 5.91 Å². The molecule has 1 heterocycles. The average molecular weight is 485 g/mol. The van der Waals surface area contributed by atoms with Crippen molar-refractivity contribution in [2.75, 3.05) is 50.1 Å². The maximum Gasteiger partial charge on any atom is 0.253 e. The minimum absolute atomic E-state index is 0.0970. The monoisotopic (exact) mass is 484 g/mol. The van der Waals surface area contributed by atoms with Crippen LogP contribution in [0.25, 0.3) is 0 Å². The third-order valence-electron chi connectivity index (χ3n) is 5.72. The number of hydrogen-bond donors (Lipinski definition) is 2. The van der Waals surface area contributed by atoms with Crippen molar-refractivity contribution in [1.29, 1.82) is 0 Å². The van der Waals surface area contributed by atoms with E-state index in [1.54, 1.807) is 30.3 Å². The molecule has 0 aromatic heterocycles. The van der Waals surface area contributed by atoms with E-state index < -0.39 is 0 Å². The number of nitrogens with one attached hydrogen (secondary N) is 2. The number of rotatable bonds is 9. The van der Waals surface area contributed by atoms with Gasteiger partial charge in [0, 0.05) is 57.6 Å². The minimum Gasteiger partial charge on any atom is -0.375 e. The largest absolute Gasteiger partial charge is 0.375 e. The zero-order valence-corrected chi connectivity index (χ0v) is 20.5. The molecule has 188 valence electrons. The summed E-state index contributed by atoms with van der Waals surface area (Å²) < 4.78 is 18.1. The van der Waals surface area contributed by atoms with E-state index in [1.807, 2.05) is 18.7 Å². The van der Waals surface area contributed by atoms with Crippen molar-refractivity contribution >= 4 is 29.1 Å². The summed E-state index contributed by atoms with van der Waals surface area (Å²) in [6.07, 6.45) is 0.521. The van der Waals surface area contributed by atoms with Crippen LogP contribution < -0.4 is 15.5 Å². The smallest absolute Gasteiger partial charge is 0.253 e. The molecule has 8 nitrogen and oxygen atoms in total. The summed E-state index contributed by atoms with van der Waals surface area (Å²) in [4.78, 5) is 41.6. The van der Waals surface area contributed by atoms with Crippen molar-refractivity contribution in [2.24, 2.45) is 5.92 Å². The molecule has 1 aliphatic heterocycles. The lowest BCUT2D eigenvalue weighted by atomic mass is 10.1. The van der Waals surface area contributed by atoms with Crippen LogP contribution >= 0.6 is 0 Å². The molecular weight excluding hydrogens is 451 g/mol. The van der Waals surface area contributed by atoms with Gasteiger partial charge in [-0.3, -0.25) is 14.4 Å². The van der Waals surface area contributed by atoms with E-state index in [4.69, 9.17) is 4.74 Å². The molecule has 0 unspecified atom stereocenters. The SMILES string of the molecule is COCC(=O)Nc1ccc(N2CCN(C(=O)CC(C)C)CC2)c(C(=O)NCc2ccc(F)cc2)c1. The van der Waals surface area contributed by atoms with Crippen LogP contribution in [0, 0.1) is 11.7 Å². The summed E-state index contributed by atoms with van der Waals surface area (Å²) in [5, 5.41) is 5.61. The third-order valence-corrected chi connectivity index (χ3v) is 5.72. The second kappa shape index (κ2) is 12.3. The van der Waals surface area contributed by atoms with Gasteiger partial charge in [0.15, 0.2) is 0 Å². The molecule has 0 aliphatic carbocycles. The minimum atomic E-state index is -0.340. The standard InChI is InChI=1S/C26H33FN4O4/c1-18(2)14-25(33)31-12-10-30(11-13-31)23-9-8-21(29-24(32)17-35-3)15-22(23)26(34)28-16-19-4-6-20(27)7-5-19/h4-9,15,18H,10-14,16-17H2,1-3H3,(H,28,34)(H,29,32). The highest BCUT2D eigenvalue weighted by molar-refractivity contribution is 6.02. The zero-order valence-electron chi connectivity index (χ0n) is 20.5. The van der Waals surface area contributed by atoms with Crippen molar-refractivity contribution in [3.63, 3.8) is 0 Å². The topological polar surface area (TPSA) is 91.0 Å². The Morgan fingerprint density at radius 2 is 1.71 bits per heavy atom. The molecule has 1 saturated heterocycles. The molecule has 3 rings (SSSR count). The Labute approximate surface area is 205 Å². The Hall–Kier alpha value is -3.46. The number of nitrogens with zero attached hydrogens (tertiary/aromatic N) is 2. The van der Waals surface area contributed by atoms with E-state index in [9.17, 15) is 18.8 Å². The van der Waals surface area contributed by atoms with Crippen LogP contribution in [0.1, 0.15) is 36.2 Å². The lowest BCUT2D eigenvalue weighted by molar-refractivity contribution is -0.132. The summed E-state index contributed by atoms with van der Waals surface area (Å²) in [6.45, 7) is 6.53. The lowest BCUT2D eigenvalue weighted by Crippen LogP contribution is -2.49. The van der Waals surface area contributed by atoms with Crippen LogP contribution in [0.2, 0.25) is 0 Å². The Morgan fingerprint density at radius 3 is 2.34 bits per heavy atom. The molecule has 2 aromatic rings. The Morgan fingerprint density at radius 1 is 1.03 bits per heavy atom. The third kappa shape index (κ3) is 7.51. The number of carbonyl (C=O) groups excluding carboxylic acids is 3. The first kappa shape index (κ1) is 26.2. The van der Waals surface area contributed by atoms with Gasteiger partial charge in [-0.25, -0.2) is 4.39 Å². The molecule has 9 heteroatoms. The fraction of sp³-hybridized carbons (Fsp3) is 0.423. The molecule has 2 N–H and O–H groups in total. The van der Waals surface area contributed by atoms with Gasteiger partial charge in [0.05, 0.1) is 5.56 Å². The lowest BCUT2D eigenvalue weighted by Gasteiger charge is -2.37. The summed E-state index contributed by atoms with van der Waals surface area (Å²) in [5.41, 5.74) is 2.38. The van der Waals surface area contributed by atoms with Crippen molar-refractivity contribution in [3.8, 4) is 0 Å². The van der Waals surface area contributed by atoms with Crippen LogP contribution in [-0.2, 0) is 20.9 Å². The van der Waals surface area contributed by atoms with Crippen LogP contribution in [0.5, 0.6) is 0 Å². The predicted molar refractivity (Wildman–Crippen MR) is 133 cm³/mol. The summed E-state index contributed by atoms with van der Waals surface area (Å²) in [6, 6.07) is 11.1. The summed E-state index contributed by atoms with van der Waals surface area (Å²) >= 11 is 0. The first-order chi connectivity index (χ1) is 16.8. The van der Waals surface area contributed by atoms with E-state index in [2.05, 4.69) is 15.5 Å². The molecule has 0 atom stereocenters. The Bertz CT molecular complexity index is 1030. The number of ether oxygens (including phenoxy) is 1. The number of amides is 3. The number of piperazine rings is 1. The molecule has 1 aliphatic rings. The number of methoxy groups -OCH3 is 1. The summed E-state index contributed by atoms with van der Waals surface area (Å²) in [7, 11) is 1.43. The molecule has 35 heavy (non-hydrogen) atoms. The van der Waals surface area contributed by atoms with Crippen LogP contribution in [0.15, 0.2) is 42.5 Å². The van der Waals surface area contributed by atoms with Gasteiger partial charge < -0.3 is 25.2 Å². The number of halogens is 1. The van der Waals surface area contributed by atoms with Crippen molar-refractivity contribution in [2.45, 2.75) is 26.8 Å². The van der Waals surface area contributed by atoms with Crippen molar-refractivity contribution in [1.82, 2.24) is 10.2 Å². The Kier molecular flexibility index (Phi) is 9.19.